The highest BCUT2D eigenvalue weighted by molar-refractivity contribution is 5.74. The Bertz CT molecular complexity index is 738. The van der Waals surface area contributed by atoms with Crippen LogP contribution in [0.2, 0.25) is 0 Å². The van der Waals surface area contributed by atoms with E-state index in [2.05, 4.69) is 0 Å². The molecule has 1 aliphatic rings. The highest BCUT2D eigenvalue weighted by atomic mass is 16.7. The Balaban J connectivity index is 3.38. The predicted molar refractivity (Wildman–Crippen MR) is 129 cm³/mol. The van der Waals surface area contributed by atoms with Crippen LogP contribution in [0.15, 0.2) is 0 Å². The van der Waals surface area contributed by atoms with Gasteiger partial charge in [-0.15, -0.1) is 0 Å². The molecule has 10 nitrogen and oxygen atoms in total. The summed E-state index contributed by atoms with van der Waals surface area (Å²) >= 11 is 0. The minimum absolute atomic E-state index is 0.359. The molecule has 0 aromatic carbocycles. The van der Waals surface area contributed by atoms with Crippen LogP contribution in [-0.4, -0.2) is 66.3 Å². The van der Waals surface area contributed by atoms with Gasteiger partial charge in [-0.1, -0.05) is 55.4 Å². The van der Waals surface area contributed by atoms with Crippen LogP contribution in [0.5, 0.6) is 0 Å². The first-order chi connectivity index (χ1) is 16.9. The number of esters is 4. The van der Waals surface area contributed by atoms with Crippen molar-refractivity contribution in [1.29, 1.82) is 0 Å². The monoisotopic (exact) mass is 516 g/mol. The molecule has 0 aliphatic carbocycles. The van der Waals surface area contributed by atoms with Crippen LogP contribution in [0.25, 0.3) is 0 Å². The van der Waals surface area contributed by atoms with Crippen molar-refractivity contribution in [2.24, 2.45) is 23.7 Å². The molecular formula is C26H44O10. The summed E-state index contributed by atoms with van der Waals surface area (Å²) < 4.78 is 27.9. The Morgan fingerprint density at radius 1 is 0.639 bits per heavy atom. The molecule has 0 aromatic rings. The number of ether oxygens (including phenoxy) is 5. The van der Waals surface area contributed by atoms with Gasteiger partial charge in [-0.05, 0) is 25.7 Å². The van der Waals surface area contributed by atoms with Crippen LogP contribution in [0.4, 0.5) is 0 Å². The van der Waals surface area contributed by atoms with Gasteiger partial charge in [-0.2, -0.15) is 0 Å². The van der Waals surface area contributed by atoms with E-state index in [4.69, 9.17) is 23.7 Å². The molecule has 0 spiro atoms. The molecule has 0 saturated carbocycles. The Hall–Kier alpha value is -2.20. The summed E-state index contributed by atoms with van der Waals surface area (Å²) in [7, 11) is 0. The molecule has 4 unspecified atom stereocenters. The fourth-order valence-electron chi connectivity index (χ4n) is 3.16. The average molecular weight is 517 g/mol. The molecule has 1 saturated heterocycles. The van der Waals surface area contributed by atoms with Gasteiger partial charge in [0.25, 0.3) is 0 Å². The summed E-state index contributed by atoms with van der Waals surface area (Å²) in [4.78, 5) is 50.4. The summed E-state index contributed by atoms with van der Waals surface area (Å²) in [5.41, 5.74) is 0. The number of carbonyl (C=O) groups excluding carboxylic acids is 4. The molecule has 1 aliphatic heterocycles. The van der Waals surface area contributed by atoms with Crippen molar-refractivity contribution >= 4 is 23.9 Å². The van der Waals surface area contributed by atoms with Crippen LogP contribution in [0.3, 0.4) is 0 Å². The molecule has 1 fully saturated rings. The van der Waals surface area contributed by atoms with E-state index >= 15 is 0 Å². The van der Waals surface area contributed by atoms with Crippen LogP contribution in [0.1, 0.15) is 81.1 Å². The van der Waals surface area contributed by atoms with E-state index in [-0.39, 0.29) is 12.5 Å². The fraction of sp³-hybridized carbons (Fsp3) is 0.846. The average Bonchev–Trinajstić information content (AvgIpc) is 2.88. The van der Waals surface area contributed by atoms with Crippen molar-refractivity contribution in [3.05, 3.63) is 0 Å². The molecule has 0 bridgehead atoms. The summed E-state index contributed by atoms with van der Waals surface area (Å²) in [6.07, 6.45) is -4.96. The van der Waals surface area contributed by atoms with E-state index in [0.717, 1.165) is 0 Å². The first-order valence-electron chi connectivity index (χ1n) is 13.0. The summed E-state index contributed by atoms with van der Waals surface area (Å²) in [6, 6.07) is 0. The van der Waals surface area contributed by atoms with E-state index in [1.54, 1.807) is 34.6 Å². The standard InChI is InChI=1S/C26H44O10/c1-9-14(5)22(27)32-13-18-19(34-23(28)15(6)10-2)20(35-24(29)16(7)11-3)21(26(31)33-18)36-25(30)17(8)12-4/h14-21,26,31H,9-13H2,1-8H3/t14?,15?,16?,17?,18-,19-,20+,21-,26+/m1/s1. The summed E-state index contributed by atoms with van der Waals surface area (Å²) in [6.45, 7) is 13.6. The van der Waals surface area contributed by atoms with Gasteiger partial charge in [0.1, 0.15) is 12.7 Å². The van der Waals surface area contributed by atoms with E-state index in [1.165, 1.54) is 0 Å². The minimum atomic E-state index is -1.71. The Labute approximate surface area is 214 Å². The second-order valence-corrected chi connectivity index (χ2v) is 9.64. The molecule has 10 heteroatoms. The molecule has 1 heterocycles. The van der Waals surface area contributed by atoms with E-state index < -0.39 is 72.3 Å². The third-order valence-electron chi connectivity index (χ3n) is 6.81. The molecule has 36 heavy (non-hydrogen) atoms. The molecular weight excluding hydrogens is 472 g/mol. The normalized spacial score (nSPS) is 27.2. The maximum atomic E-state index is 12.8. The maximum absolute atomic E-state index is 12.8. The van der Waals surface area contributed by atoms with E-state index in [9.17, 15) is 24.3 Å². The first-order valence-corrected chi connectivity index (χ1v) is 13.0. The number of hydrogen-bond donors (Lipinski definition) is 1. The largest absolute Gasteiger partial charge is 0.463 e. The number of aliphatic hydroxyl groups is 1. The highest BCUT2D eigenvalue weighted by Crippen LogP contribution is 2.30. The van der Waals surface area contributed by atoms with E-state index in [1.807, 2.05) is 20.8 Å². The second-order valence-electron chi connectivity index (χ2n) is 9.64. The topological polar surface area (TPSA) is 135 Å². The van der Waals surface area contributed by atoms with Gasteiger partial charge in [-0.3, -0.25) is 19.2 Å². The summed E-state index contributed by atoms with van der Waals surface area (Å²) in [5, 5.41) is 10.8. The molecule has 9 atom stereocenters. The number of carbonyl (C=O) groups is 4. The Morgan fingerprint density at radius 3 is 1.42 bits per heavy atom. The number of hydrogen-bond acceptors (Lipinski definition) is 10. The third kappa shape index (κ3) is 8.73. The smallest absolute Gasteiger partial charge is 0.309 e. The van der Waals surface area contributed by atoms with Gasteiger partial charge in [0.2, 0.25) is 0 Å². The summed E-state index contributed by atoms with van der Waals surface area (Å²) in [5.74, 6) is -4.14. The first kappa shape index (κ1) is 31.8. The van der Waals surface area contributed by atoms with Crippen LogP contribution >= 0.6 is 0 Å². The lowest BCUT2D eigenvalue weighted by Gasteiger charge is -2.43. The lowest BCUT2D eigenvalue weighted by molar-refractivity contribution is -0.298. The third-order valence-corrected chi connectivity index (χ3v) is 6.81. The number of aliphatic hydroxyl groups excluding tert-OH is 1. The Morgan fingerprint density at radius 2 is 1.00 bits per heavy atom. The molecule has 0 radical (unpaired) electrons. The van der Waals surface area contributed by atoms with Gasteiger partial charge < -0.3 is 28.8 Å². The molecule has 208 valence electrons. The van der Waals surface area contributed by atoms with Crippen molar-refractivity contribution in [2.45, 2.75) is 112 Å². The zero-order chi connectivity index (χ0) is 27.6. The number of rotatable bonds is 13. The van der Waals surface area contributed by atoms with Crippen LogP contribution < -0.4 is 0 Å². The lowest BCUT2D eigenvalue weighted by Crippen LogP contribution is -2.63. The Kier molecular flexibility index (Phi) is 13.4. The highest BCUT2D eigenvalue weighted by Gasteiger charge is 2.53. The van der Waals surface area contributed by atoms with Crippen LogP contribution in [0, 0.1) is 23.7 Å². The molecule has 0 amide bonds. The van der Waals surface area contributed by atoms with Gasteiger partial charge >= 0.3 is 23.9 Å². The predicted octanol–water partition coefficient (Wildman–Crippen LogP) is 3.17. The maximum Gasteiger partial charge on any atom is 0.309 e. The molecule has 1 N–H and O–H groups in total. The zero-order valence-electron chi connectivity index (χ0n) is 22.9. The van der Waals surface area contributed by atoms with Crippen molar-refractivity contribution in [3.63, 3.8) is 0 Å². The van der Waals surface area contributed by atoms with Crippen molar-refractivity contribution in [3.8, 4) is 0 Å². The van der Waals surface area contributed by atoms with Gasteiger partial charge in [-0.25, -0.2) is 0 Å². The molecule has 1 rings (SSSR count). The minimum Gasteiger partial charge on any atom is -0.463 e. The van der Waals surface area contributed by atoms with E-state index in [0.29, 0.717) is 25.7 Å². The SMILES string of the molecule is CCC(C)C(=O)OC[C@H]1O[C@H](O)[C@H](OC(=O)C(C)CC)[C@@H](OC(=O)C(C)CC)[C@@H]1OC(=O)C(C)CC. The lowest BCUT2D eigenvalue weighted by atomic mass is 9.97. The van der Waals surface area contributed by atoms with Crippen LogP contribution in [-0.2, 0) is 42.9 Å². The van der Waals surface area contributed by atoms with Crippen molar-refractivity contribution in [1.82, 2.24) is 0 Å². The fourth-order valence-corrected chi connectivity index (χ4v) is 3.16. The zero-order valence-corrected chi connectivity index (χ0v) is 22.9. The van der Waals surface area contributed by atoms with Crippen molar-refractivity contribution in [2.75, 3.05) is 6.61 Å². The second kappa shape index (κ2) is 15.1. The van der Waals surface area contributed by atoms with Gasteiger partial charge in [0.15, 0.2) is 24.6 Å². The quantitative estimate of drug-likeness (QED) is 0.287. The van der Waals surface area contributed by atoms with Crippen molar-refractivity contribution < 1.29 is 48.0 Å². The van der Waals surface area contributed by atoms with Gasteiger partial charge in [0, 0.05) is 0 Å². The van der Waals surface area contributed by atoms with Gasteiger partial charge in [0.05, 0.1) is 23.7 Å². The molecule has 0 aromatic heterocycles.